The van der Waals surface area contributed by atoms with Gasteiger partial charge in [-0.05, 0) is 36.1 Å². The van der Waals surface area contributed by atoms with Gasteiger partial charge in [-0.25, -0.2) is 0 Å². The number of benzene rings is 1. The van der Waals surface area contributed by atoms with Crippen molar-refractivity contribution in [1.82, 2.24) is 5.32 Å². The minimum Gasteiger partial charge on any atom is -0.312 e. The van der Waals surface area contributed by atoms with Crippen LogP contribution in [0, 0.1) is 0 Å². The SMILES string of the molecule is C=CCSCCNC1Cc2ccc(Cl)cc2C1. The lowest BCUT2D eigenvalue weighted by Gasteiger charge is -2.10. The molecule has 0 radical (unpaired) electrons. The molecule has 0 aromatic heterocycles. The summed E-state index contributed by atoms with van der Waals surface area (Å²) in [5.41, 5.74) is 2.86. The van der Waals surface area contributed by atoms with Crippen LogP contribution in [0.5, 0.6) is 0 Å². The Labute approximate surface area is 113 Å². The van der Waals surface area contributed by atoms with Gasteiger partial charge in [0.15, 0.2) is 0 Å². The van der Waals surface area contributed by atoms with Crippen molar-refractivity contribution in [2.24, 2.45) is 0 Å². The van der Waals surface area contributed by atoms with Crippen molar-refractivity contribution in [3.05, 3.63) is 47.0 Å². The maximum atomic E-state index is 6.00. The maximum absolute atomic E-state index is 6.00. The summed E-state index contributed by atoms with van der Waals surface area (Å²) in [6.45, 7) is 4.79. The number of hydrogen-bond donors (Lipinski definition) is 1. The Bertz CT molecular complexity index is 392. The van der Waals surface area contributed by atoms with Gasteiger partial charge in [-0.15, -0.1) is 6.58 Å². The average Bonchev–Trinajstić information content (AvgIpc) is 2.70. The lowest BCUT2D eigenvalue weighted by molar-refractivity contribution is 0.554. The molecule has 3 heteroatoms. The quantitative estimate of drug-likeness (QED) is 0.627. The molecule has 0 aliphatic heterocycles. The van der Waals surface area contributed by atoms with Crippen LogP contribution in [-0.4, -0.2) is 24.1 Å². The predicted molar refractivity (Wildman–Crippen MR) is 78.2 cm³/mol. The zero-order chi connectivity index (χ0) is 12.1. The van der Waals surface area contributed by atoms with Crippen LogP contribution in [0.4, 0.5) is 0 Å². The number of nitrogens with one attached hydrogen (secondary N) is 1. The van der Waals surface area contributed by atoms with Crippen LogP contribution in [-0.2, 0) is 12.8 Å². The van der Waals surface area contributed by atoms with Gasteiger partial charge in [-0.3, -0.25) is 0 Å². The molecule has 0 saturated carbocycles. The molecule has 1 atom stereocenters. The van der Waals surface area contributed by atoms with Gasteiger partial charge in [0, 0.05) is 29.1 Å². The Morgan fingerprint density at radius 1 is 1.41 bits per heavy atom. The molecule has 1 aliphatic carbocycles. The zero-order valence-electron chi connectivity index (χ0n) is 9.92. The molecule has 0 saturated heterocycles. The summed E-state index contributed by atoms with van der Waals surface area (Å²) in [5, 5.41) is 4.46. The molecule has 2 rings (SSSR count). The lowest BCUT2D eigenvalue weighted by Crippen LogP contribution is -2.31. The number of thioether (sulfide) groups is 1. The molecule has 0 spiro atoms. The Morgan fingerprint density at radius 3 is 3.06 bits per heavy atom. The summed E-state index contributed by atoms with van der Waals surface area (Å²) in [6, 6.07) is 6.84. The molecule has 1 aliphatic rings. The summed E-state index contributed by atoms with van der Waals surface area (Å²) in [6.07, 6.45) is 4.21. The Kier molecular flexibility index (Phi) is 4.96. The molecule has 0 bridgehead atoms. The molecular formula is C14H18ClNS. The van der Waals surface area contributed by atoms with Gasteiger partial charge in [0.25, 0.3) is 0 Å². The highest BCUT2D eigenvalue weighted by Gasteiger charge is 2.20. The molecule has 92 valence electrons. The normalized spacial score (nSPS) is 18.1. The van der Waals surface area contributed by atoms with Crippen LogP contribution >= 0.6 is 23.4 Å². The second-order valence-corrected chi connectivity index (χ2v) is 5.92. The van der Waals surface area contributed by atoms with Gasteiger partial charge < -0.3 is 5.32 Å². The summed E-state index contributed by atoms with van der Waals surface area (Å²) in [5.74, 6) is 2.20. The number of fused-ring (bicyclic) bond motifs is 1. The topological polar surface area (TPSA) is 12.0 Å². The van der Waals surface area contributed by atoms with Crippen LogP contribution in [0.2, 0.25) is 5.02 Å². The molecule has 1 N–H and O–H groups in total. The smallest absolute Gasteiger partial charge is 0.0408 e. The van der Waals surface area contributed by atoms with E-state index < -0.39 is 0 Å². The average molecular weight is 268 g/mol. The monoisotopic (exact) mass is 267 g/mol. The van der Waals surface area contributed by atoms with Gasteiger partial charge in [0.2, 0.25) is 0 Å². The highest BCUT2D eigenvalue weighted by molar-refractivity contribution is 7.99. The highest BCUT2D eigenvalue weighted by Crippen LogP contribution is 2.25. The van der Waals surface area contributed by atoms with E-state index in [4.69, 9.17) is 11.6 Å². The van der Waals surface area contributed by atoms with Crippen molar-refractivity contribution in [3.8, 4) is 0 Å². The van der Waals surface area contributed by atoms with E-state index in [1.165, 1.54) is 11.1 Å². The third kappa shape index (κ3) is 3.77. The van der Waals surface area contributed by atoms with E-state index in [-0.39, 0.29) is 0 Å². The van der Waals surface area contributed by atoms with E-state index >= 15 is 0 Å². The van der Waals surface area contributed by atoms with E-state index in [2.05, 4.69) is 24.0 Å². The molecule has 1 nitrogen and oxygen atoms in total. The first kappa shape index (κ1) is 13.0. The first-order valence-electron chi connectivity index (χ1n) is 5.99. The fraction of sp³-hybridized carbons (Fsp3) is 0.429. The van der Waals surface area contributed by atoms with Crippen LogP contribution in [0.1, 0.15) is 11.1 Å². The van der Waals surface area contributed by atoms with Crippen LogP contribution in [0.25, 0.3) is 0 Å². The zero-order valence-corrected chi connectivity index (χ0v) is 11.5. The second-order valence-electron chi connectivity index (χ2n) is 4.34. The third-order valence-electron chi connectivity index (χ3n) is 3.02. The van der Waals surface area contributed by atoms with Gasteiger partial charge in [-0.2, -0.15) is 11.8 Å². The van der Waals surface area contributed by atoms with Crippen molar-refractivity contribution < 1.29 is 0 Å². The van der Waals surface area contributed by atoms with Crippen LogP contribution < -0.4 is 5.32 Å². The van der Waals surface area contributed by atoms with Crippen LogP contribution in [0.3, 0.4) is 0 Å². The van der Waals surface area contributed by atoms with Gasteiger partial charge in [-0.1, -0.05) is 23.7 Å². The van der Waals surface area contributed by atoms with Crippen molar-refractivity contribution in [3.63, 3.8) is 0 Å². The van der Waals surface area contributed by atoms with Crippen molar-refractivity contribution in [2.45, 2.75) is 18.9 Å². The second kappa shape index (κ2) is 6.48. The predicted octanol–water partition coefficient (Wildman–Crippen LogP) is 3.32. The standard InChI is InChI=1S/C14H18ClNS/c1-2-6-17-7-5-16-14-9-11-3-4-13(15)8-12(11)10-14/h2-4,8,14,16H,1,5-7,9-10H2. The molecule has 0 heterocycles. The van der Waals surface area contributed by atoms with Crippen molar-refractivity contribution in [2.75, 3.05) is 18.1 Å². The van der Waals surface area contributed by atoms with E-state index in [0.29, 0.717) is 6.04 Å². The summed E-state index contributed by atoms with van der Waals surface area (Å²) < 4.78 is 0. The van der Waals surface area contributed by atoms with Gasteiger partial charge >= 0.3 is 0 Å². The van der Waals surface area contributed by atoms with Crippen molar-refractivity contribution >= 4 is 23.4 Å². The molecule has 1 aromatic carbocycles. The van der Waals surface area contributed by atoms with E-state index in [1.54, 1.807) is 0 Å². The first-order valence-corrected chi connectivity index (χ1v) is 7.52. The number of hydrogen-bond acceptors (Lipinski definition) is 2. The fourth-order valence-corrected chi connectivity index (χ4v) is 3.02. The summed E-state index contributed by atoms with van der Waals surface area (Å²) >= 11 is 7.92. The number of halogens is 1. The highest BCUT2D eigenvalue weighted by atomic mass is 35.5. The van der Waals surface area contributed by atoms with E-state index in [1.807, 2.05) is 23.9 Å². The molecule has 0 fully saturated rings. The summed E-state index contributed by atoms with van der Waals surface area (Å²) in [7, 11) is 0. The maximum Gasteiger partial charge on any atom is 0.0408 e. The van der Waals surface area contributed by atoms with Gasteiger partial charge in [0.05, 0.1) is 0 Å². The minimum absolute atomic E-state index is 0.591. The lowest BCUT2D eigenvalue weighted by atomic mass is 10.1. The third-order valence-corrected chi connectivity index (χ3v) is 4.22. The largest absolute Gasteiger partial charge is 0.312 e. The minimum atomic E-state index is 0.591. The molecule has 0 amide bonds. The summed E-state index contributed by atoms with van der Waals surface area (Å²) in [4.78, 5) is 0. The molecule has 17 heavy (non-hydrogen) atoms. The van der Waals surface area contributed by atoms with E-state index in [9.17, 15) is 0 Å². The Balaban J connectivity index is 1.74. The Hall–Kier alpha value is -0.440. The molecular weight excluding hydrogens is 250 g/mol. The van der Waals surface area contributed by atoms with Gasteiger partial charge in [0.1, 0.15) is 0 Å². The van der Waals surface area contributed by atoms with Crippen molar-refractivity contribution in [1.29, 1.82) is 0 Å². The first-order chi connectivity index (χ1) is 8.29. The Morgan fingerprint density at radius 2 is 2.24 bits per heavy atom. The number of rotatable bonds is 6. The fourth-order valence-electron chi connectivity index (χ4n) is 2.23. The molecule has 1 aromatic rings. The molecule has 1 unspecified atom stereocenters. The van der Waals surface area contributed by atoms with E-state index in [0.717, 1.165) is 35.9 Å². The van der Waals surface area contributed by atoms with Crippen LogP contribution in [0.15, 0.2) is 30.9 Å².